The van der Waals surface area contributed by atoms with Crippen LogP contribution in [0.5, 0.6) is 11.5 Å². The molecule has 4 aromatic carbocycles. The predicted molar refractivity (Wildman–Crippen MR) is 211 cm³/mol. The first kappa shape index (κ1) is 40.0. The Labute approximate surface area is 307 Å². The van der Waals surface area contributed by atoms with Gasteiger partial charge < -0.3 is 19.0 Å². The van der Waals surface area contributed by atoms with Crippen LogP contribution in [-0.2, 0) is 27.5 Å². The van der Waals surface area contributed by atoms with Crippen LogP contribution in [-0.4, -0.2) is 58.3 Å². The van der Waals surface area contributed by atoms with E-state index < -0.39 is 29.7 Å². The van der Waals surface area contributed by atoms with Gasteiger partial charge in [0, 0.05) is 19.7 Å². The highest BCUT2D eigenvalue weighted by molar-refractivity contribution is 7.89. The zero-order valence-electron chi connectivity index (χ0n) is 30.8. The molecule has 0 aromatic heterocycles. The van der Waals surface area contributed by atoms with Crippen molar-refractivity contribution < 1.29 is 27.4 Å². The lowest BCUT2D eigenvalue weighted by atomic mass is 9.98. The first-order valence-corrected chi connectivity index (χ1v) is 21.4. The van der Waals surface area contributed by atoms with Gasteiger partial charge in [-0.1, -0.05) is 112 Å². The number of aliphatic hydroxyl groups excluding tert-OH is 1. The molecular weight excluding hydrogens is 675 g/mol. The Balaban J connectivity index is 1.60. The molecule has 0 aliphatic carbocycles. The van der Waals surface area contributed by atoms with E-state index in [4.69, 9.17) is 13.9 Å². The number of ether oxygens (including phenoxy) is 2. The maximum atomic E-state index is 14.8. The number of benzene rings is 4. The minimum absolute atomic E-state index is 0.0812. The van der Waals surface area contributed by atoms with Gasteiger partial charge in [0.25, 0.3) is 8.32 Å². The molecule has 0 saturated heterocycles. The minimum atomic E-state index is -3.93. The summed E-state index contributed by atoms with van der Waals surface area (Å²) in [7, 11) is -3.40. The second kappa shape index (κ2) is 19.2. The molecule has 7 nitrogen and oxygen atoms in total. The van der Waals surface area contributed by atoms with E-state index in [0.717, 1.165) is 17.2 Å². The van der Waals surface area contributed by atoms with Gasteiger partial charge in [-0.3, -0.25) is 0 Å². The molecule has 0 bridgehead atoms. The molecular formula is C42H55NO6SSi. The normalized spacial score (nSPS) is 13.9. The molecule has 4 aromatic rings. The van der Waals surface area contributed by atoms with Gasteiger partial charge in [-0.2, -0.15) is 4.31 Å². The second-order valence-electron chi connectivity index (χ2n) is 13.7. The van der Waals surface area contributed by atoms with E-state index in [-0.39, 0.29) is 25.4 Å². The molecule has 9 heteroatoms. The number of sulfonamides is 1. The Bertz CT molecular complexity index is 1630. The van der Waals surface area contributed by atoms with Crippen molar-refractivity contribution >= 4 is 28.7 Å². The Morgan fingerprint density at radius 1 is 0.765 bits per heavy atom. The van der Waals surface area contributed by atoms with Gasteiger partial charge in [-0.05, 0) is 82.9 Å². The summed E-state index contributed by atoms with van der Waals surface area (Å²) in [4.78, 5) is 0. The Kier molecular flexibility index (Phi) is 15.1. The van der Waals surface area contributed by atoms with Gasteiger partial charge in [-0.15, -0.1) is 6.58 Å². The van der Waals surface area contributed by atoms with Crippen molar-refractivity contribution in [3.8, 4) is 11.5 Å². The first-order chi connectivity index (χ1) is 24.5. The highest BCUT2D eigenvalue weighted by atomic mass is 32.2. The van der Waals surface area contributed by atoms with Gasteiger partial charge in [0.1, 0.15) is 11.5 Å². The molecule has 0 aliphatic heterocycles. The molecule has 51 heavy (non-hydrogen) atoms. The lowest BCUT2D eigenvalue weighted by molar-refractivity contribution is 0.123. The zero-order chi connectivity index (χ0) is 36.9. The van der Waals surface area contributed by atoms with Crippen LogP contribution < -0.4 is 19.8 Å². The van der Waals surface area contributed by atoms with Crippen LogP contribution in [0.25, 0.3) is 0 Å². The third kappa shape index (κ3) is 10.9. The maximum Gasteiger partial charge on any atom is 0.255 e. The highest BCUT2D eigenvalue weighted by Crippen LogP contribution is 2.29. The molecule has 0 heterocycles. The zero-order valence-corrected chi connectivity index (χ0v) is 32.6. The van der Waals surface area contributed by atoms with Crippen molar-refractivity contribution in [2.75, 3.05) is 20.8 Å². The third-order valence-electron chi connectivity index (χ3n) is 9.43. The van der Waals surface area contributed by atoms with E-state index in [0.29, 0.717) is 36.9 Å². The van der Waals surface area contributed by atoms with Crippen molar-refractivity contribution in [3.63, 3.8) is 0 Å². The summed E-state index contributed by atoms with van der Waals surface area (Å²) < 4.78 is 48.7. The standard InChI is InChI=1S/C42H55NO6SSi/c1-7-14-34(4)42(50(45,46)43(30-35-19-23-38(47-5)24-20-35)31-36-21-25-39(48-6)26-22-36)29-37(44)27-28-49-51(32-33(2)3,40-15-10-8-11-16-40)41-17-12-9-13-18-41/h7-13,15-26,33-34,37,42,44H,1,14,27-32H2,2-6H3/t34-,37+,42-/m0/s1. The van der Waals surface area contributed by atoms with Crippen molar-refractivity contribution in [1.29, 1.82) is 0 Å². The highest BCUT2D eigenvalue weighted by Gasteiger charge is 2.41. The van der Waals surface area contributed by atoms with Crippen LogP contribution in [0, 0.1) is 11.8 Å². The molecule has 274 valence electrons. The largest absolute Gasteiger partial charge is 0.497 e. The van der Waals surface area contributed by atoms with Crippen LogP contribution in [0.2, 0.25) is 6.04 Å². The number of hydrogen-bond donors (Lipinski definition) is 1. The number of nitrogens with zero attached hydrogens (tertiary/aromatic N) is 1. The number of aliphatic hydroxyl groups is 1. The van der Waals surface area contributed by atoms with E-state index in [1.54, 1.807) is 20.3 Å². The van der Waals surface area contributed by atoms with E-state index in [1.807, 2.05) is 67.6 Å². The fraction of sp³-hybridized carbons (Fsp3) is 0.381. The molecule has 0 radical (unpaired) electrons. The number of hydrogen-bond acceptors (Lipinski definition) is 6. The Hall–Kier alpha value is -3.73. The third-order valence-corrected chi connectivity index (χ3v) is 16.5. The van der Waals surface area contributed by atoms with E-state index in [9.17, 15) is 13.5 Å². The summed E-state index contributed by atoms with van der Waals surface area (Å²) in [5.74, 6) is 1.51. The summed E-state index contributed by atoms with van der Waals surface area (Å²) in [6.07, 6.45) is 1.76. The van der Waals surface area contributed by atoms with Gasteiger partial charge in [0.2, 0.25) is 10.0 Å². The van der Waals surface area contributed by atoms with Gasteiger partial charge >= 0.3 is 0 Å². The average Bonchev–Trinajstić information content (AvgIpc) is 3.14. The smallest absolute Gasteiger partial charge is 0.255 e. The molecule has 3 atom stereocenters. The molecule has 0 saturated carbocycles. The predicted octanol–water partition coefficient (Wildman–Crippen LogP) is 7.19. The molecule has 0 amide bonds. The monoisotopic (exact) mass is 729 g/mol. The lowest BCUT2D eigenvalue weighted by Crippen LogP contribution is -2.61. The van der Waals surface area contributed by atoms with E-state index in [1.165, 1.54) is 14.7 Å². The summed E-state index contributed by atoms with van der Waals surface area (Å²) in [5, 5.41) is 13.1. The fourth-order valence-corrected chi connectivity index (χ4v) is 13.3. The Morgan fingerprint density at radius 3 is 1.65 bits per heavy atom. The summed E-state index contributed by atoms with van der Waals surface area (Å²) in [6.45, 7) is 10.9. The van der Waals surface area contributed by atoms with Crippen molar-refractivity contribution in [1.82, 2.24) is 4.31 Å². The molecule has 0 aliphatic rings. The van der Waals surface area contributed by atoms with Crippen LogP contribution in [0.15, 0.2) is 122 Å². The molecule has 1 N–H and O–H groups in total. The summed E-state index contributed by atoms with van der Waals surface area (Å²) in [5.41, 5.74) is 1.68. The van der Waals surface area contributed by atoms with Gasteiger partial charge in [0.05, 0.1) is 25.6 Å². The fourth-order valence-electron chi connectivity index (χ4n) is 6.73. The Morgan fingerprint density at radius 2 is 1.24 bits per heavy atom. The first-order valence-electron chi connectivity index (χ1n) is 17.8. The van der Waals surface area contributed by atoms with Crippen molar-refractivity contribution in [2.24, 2.45) is 11.8 Å². The molecule has 4 rings (SSSR count). The van der Waals surface area contributed by atoms with Crippen LogP contribution in [0.4, 0.5) is 0 Å². The van der Waals surface area contributed by atoms with E-state index in [2.05, 4.69) is 69.0 Å². The minimum Gasteiger partial charge on any atom is -0.497 e. The SMILES string of the molecule is C=CC[C@H](C)[C@H](C[C@H](O)CCO[Si](CC(C)C)(c1ccccc1)c1ccccc1)S(=O)(=O)N(Cc1ccc(OC)cc1)Cc1ccc(OC)cc1. The number of methoxy groups -OCH3 is 2. The molecule has 0 unspecified atom stereocenters. The van der Waals surface area contributed by atoms with Gasteiger partial charge in [0.15, 0.2) is 0 Å². The summed E-state index contributed by atoms with van der Waals surface area (Å²) in [6, 6.07) is 36.6. The topological polar surface area (TPSA) is 85.3 Å². The van der Waals surface area contributed by atoms with Gasteiger partial charge in [-0.25, -0.2) is 8.42 Å². The lowest BCUT2D eigenvalue weighted by Gasteiger charge is -2.35. The number of allylic oxidation sites excluding steroid dienone is 1. The molecule has 0 spiro atoms. The quantitative estimate of drug-likeness (QED) is 0.0723. The van der Waals surface area contributed by atoms with Crippen LogP contribution >= 0.6 is 0 Å². The summed E-state index contributed by atoms with van der Waals surface area (Å²) >= 11 is 0. The van der Waals surface area contributed by atoms with E-state index >= 15 is 0 Å². The number of rotatable bonds is 21. The van der Waals surface area contributed by atoms with Crippen molar-refractivity contribution in [2.45, 2.75) is 70.5 Å². The average molecular weight is 730 g/mol. The maximum absolute atomic E-state index is 14.8. The molecule has 0 fully saturated rings. The van der Waals surface area contributed by atoms with Crippen LogP contribution in [0.3, 0.4) is 0 Å². The van der Waals surface area contributed by atoms with Crippen molar-refractivity contribution in [3.05, 3.63) is 133 Å². The van der Waals surface area contributed by atoms with Crippen LogP contribution in [0.1, 0.15) is 51.2 Å². The second-order valence-corrected chi connectivity index (χ2v) is 19.4.